The van der Waals surface area contributed by atoms with Crippen molar-refractivity contribution in [2.75, 3.05) is 5.32 Å². The van der Waals surface area contributed by atoms with Gasteiger partial charge in [0, 0.05) is 61.8 Å². The molecular weight excluding hydrogens is 458 g/mol. The van der Waals surface area contributed by atoms with E-state index in [1.54, 1.807) is 60.5 Å². The summed E-state index contributed by atoms with van der Waals surface area (Å²) in [6, 6.07) is 14.0. The first-order valence-electron chi connectivity index (χ1n) is 11.2. The first kappa shape index (κ1) is 22.8. The van der Waals surface area contributed by atoms with E-state index in [1.807, 2.05) is 35.9 Å². The van der Waals surface area contributed by atoms with Gasteiger partial charge in [0.1, 0.15) is 23.0 Å². The quantitative estimate of drug-likeness (QED) is 0.366. The van der Waals surface area contributed by atoms with Crippen LogP contribution in [0.15, 0.2) is 79.5 Å². The molecule has 2 N–H and O–H groups in total. The Bertz CT molecular complexity index is 1570. The zero-order valence-corrected chi connectivity index (χ0v) is 19.7. The molecule has 0 saturated carbocycles. The number of anilines is 1. The molecule has 4 aromatic heterocycles. The standard InChI is InChI=1S/C26H23N7O3/c1-17-20(25(34)29-15-18-6-7-24-28-11-13-33(24)16-18)4-3-5-22(17)36-19-8-10-27-23(14-19)30-26(35)21-9-12-32(2)31-21/h3-14,16H,15H2,1-2H3,(H,29,34)(H,27,30,35). The maximum absolute atomic E-state index is 12.9. The van der Waals surface area contributed by atoms with Crippen LogP contribution in [0.25, 0.3) is 5.65 Å². The van der Waals surface area contributed by atoms with Crippen LogP contribution >= 0.6 is 0 Å². The molecule has 0 saturated heterocycles. The van der Waals surface area contributed by atoms with E-state index in [1.165, 1.54) is 6.20 Å². The smallest absolute Gasteiger partial charge is 0.277 e. The summed E-state index contributed by atoms with van der Waals surface area (Å²) in [7, 11) is 1.74. The maximum Gasteiger partial charge on any atom is 0.277 e. The minimum absolute atomic E-state index is 0.207. The lowest BCUT2D eigenvalue weighted by Crippen LogP contribution is -2.23. The van der Waals surface area contributed by atoms with E-state index < -0.39 is 0 Å². The number of carbonyl (C=O) groups excluding carboxylic acids is 2. The SMILES string of the molecule is Cc1c(Oc2ccnc(NC(=O)c3ccn(C)n3)c2)cccc1C(=O)NCc1ccc2nccn2c1. The molecule has 0 unspecified atom stereocenters. The van der Waals surface area contributed by atoms with Gasteiger partial charge in [0.15, 0.2) is 5.69 Å². The Balaban J connectivity index is 1.26. The summed E-state index contributed by atoms with van der Waals surface area (Å²) < 4.78 is 9.49. The van der Waals surface area contributed by atoms with Gasteiger partial charge in [0.05, 0.1) is 0 Å². The second kappa shape index (κ2) is 9.71. The summed E-state index contributed by atoms with van der Waals surface area (Å²) in [6.07, 6.45) is 8.74. The third-order valence-corrected chi connectivity index (χ3v) is 5.58. The molecular formula is C26H23N7O3. The highest BCUT2D eigenvalue weighted by atomic mass is 16.5. The molecule has 0 aliphatic carbocycles. The van der Waals surface area contributed by atoms with Crippen LogP contribution in [0.5, 0.6) is 11.5 Å². The highest BCUT2D eigenvalue weighted by Gasteiger charge is 2.14. The molecule has 10 nitrogen and oxygen atoms in total. The monoisotopic (exact) mass is 481 g/mol. The number of ether oxygens (including phenoxy) is 1. The molecule has 5 aromatic rings. The summed E-state index contributed by atoms with van der Waals surface area (Å²) in [6.45, 7) is 2.20. The molecule has 1 aromatic carbocycles. The molecule has 0 aliphatic rings. The zero-order valence-electron chi connectivity index (χ0n) is 19.7. The Morgan fingerprint density at radius 2 is 1.89 bits per heavy atom. The predicted octanol–water partition coefficient (Wildman–Crippen LogP) is 3.75. The number of pyridine rings is 2. The minimum Gasteiger partial charge on any atom is -0.457 e. The van der Waals surface area contributed by atoms with Gasteiger partial charge in [-0.25, -0.2) is 9.97 Å². The summed E-state index contributed by atoms with van der Waals surface area (Å²) in [5.74, 6) is 0.736. The number of aryl methyl sites for hydroxylation is 1. The molecule has 0 spiro atoms. The summed E-state index contributed by atoms with van der Waals surface area (Å²) in [4.78, 5) is 33.7. The first-order valence-corrected chi connectivity index (χ1v) is 11.2. The molecule has 4 heterocycles. The van der Waals surface area contributed by atoms with Gasteiger partial charge in [0.2, 0.25) is 0 Å². The fraction of sp³-hybridized carbons (Fsp3) is 0.115. The van der Waals surface area contributed by atoms with Crippen LogP contribution in [0.2, 0.25) is 0 Å². The highest BCUT2D eigenvalue weighted by Crippen LogP contribution is 2.28. The molecule has 0 atom stereocenters. The Kier molecular flexibility index (Phi) is 6.14. The van der Waals surface area contributed by atoms with Gasteiger partial charge in [-0.05, 0) is 42.8 Å². The van der Waals surface area contributed by atoms with Gasteiger partial charge in [-0.1, -0.05) is 12.1 Å². The highest BCUT2D eigenvalue weighted by molar-refractivity contribution is 6.02. The van der Waals surface area contributed by atoms with Gasteiger partial charge in [0.25, 0.3) is 11.8 Å². The minimum atomic E-state index is -0.373. The second-order valence-electron chi connectivity index (χ2n) is 8.15. The Hall–Kier alpha value is -4.99. The number of nitrogens with zero attached hydrogens (tertiary/aromatic N) is 5. The van der Waals surface area contributed by atoms with E-state index in [4.69, 9.17) is 4.74 Å². The lowest BCUT2D eigenvalue weighted by atomic mass is 10.1. The predicted molar refractivity (Wildman–Crippen MR) is 133 cm³/mol. The van der Waals surface area contributed by atoms with E-state index in [0.717, 1.165) is 11.2 Å². The number of rotatable bonds is 7. The summed E-state index contributed by atoms with van der Waals surface area (Å²) in [5.41, 5.74) is 3.28. The largest absolute Gasteiger partial charge is 0.457 e. The first-order chi connectivity index (χ1) is 17.5. The molecule has 0 fully saturated rings. The normalized spacial score (nSPS) is 10.8. The van der Waals surface area contributed by atoms with E-state index in [-0.39, 0.29) is 17.5 Å². The van der Waals surface area contributed by atoms with Crippen molar-refractivity contribution in [2.24, 2.45) is 7.05 Å². The fourth-order valence-electron chi connectivity index (χ4n) is 3.71. The van der Waals surface area contributed by atoms with E-state index >= 15 is 0 Å². The van der Waals surface area contributed by atoms with Gasteiger partial charge in [-0.15, -0.1) is 0 Å². The third-order valence-electron chi connectivity index (χ3n) is 5.58. The third kappa shape index (κ3) is 4.92. The number of hydrogen-bond acceptors (Lipinski definition) is 6. The Labute approximate surface area is 206 Å². The molecule has 5 rings (SSSR count). The lowest BCUT2D eigenvalue weighted by molar-refractivity contribution is 0.0949. The zero-order chi connectivity index (χ0) is 25.1. The van der Waals surface area contributed by atoms with Crippen LogP contribution in [0.3, 0.4) is 0 Å². The molecule has 180 valence electrons. The van der Waals surface area contributed by atoms with Crippen LogP contribution < -0.4 is 15.4 Å². The summed E-state index contributed by atoms with van der Waals surface area (Å²) >= 11 is 0. The van der Waals surface area contributed by atoms with Crippen molar-refractivity contribution in [3.05, 3.63) is 102 Å². The number of nitrogens with one attached hydrogen (secondary N) is 2. The number of amides is 2. The number of carbonyl (C=O) groups is 2. The Morgan fingerprint density at radius 1 is 1.00 bits per heavy atom. The van der Waals surface area contributed by atoms with E-state index in [0.29, 0.717) is 35.0 Å². The van der Waals surface area contributed by atoms with Gasteiger partial charge < -0.3 is 19.8 Å². The van der Waals surface area contributed by atoms with Crippen molar-refractivity contribution in [1.29, 1.82) is 0 Å². The molecule has 36 heavy (non-hydrogen) atoms. The van der Waals surface area contributed by atoms with E-state index in [2.05, 4.69) is 25.7 Å². The average Bonchev–Trinajstić information content (AvgIpc) is 3.52. The van der Waals surface area contributed by atoms with Crippen LogP contribution in [0, 0.1) is 6.92 Å². The number of fused-ring (bicyclic) bond motifs is 1. The molecule has 0 radical (unpaired) electrons. The molecule has 0 aliphatic heterocycles. The molecule has 2 amide bonds. The van der Waals surface area contributed by atoms with Crippen LogP contribution in [0.1, 0.15) is 32.0 Å². The van der Waals surface area contributed by atoms with Crippen LogP contribution in [-0.2, 0) is 13.6 Å². The molecule has 0 bridgehead atoms. The van der Waals surface area contributed by atoms with Crippen LogP contribution in [0.4, 0.5) is 5.82 Å². The van der Waals surface area contributed by atoms with Crippen molar-refractivity contribution < 1.29 is 14.3 Å². The van der Waals surface area contributed by atoms with Crippen molar-refractivity contribution in [2.45, 2.75) is 13.5 Å². The van der Waals surface area contributed by atoms with Crippen molar-refractivity contribution >= 4 is 23.3 Å². The van der Waals surface area contributed by atoms with Gasteiger partial charge >= 0.3 is 0 Å². The van der Waals surface area contributed by atoms with Crippen LogP contribution in [-0.4, -0.2) is 36.0 Å². The Morgan fingerprint density at radius 3 is 2.72 bits per heavy atom. The second-order valence-corrected chi connectivity index (χ2v) is 8.15. The van der Waals surface area contributed by atoms with Crippen molar-refractivity contribution in [3.63, 3.8) is 0 Å². The fourth-order valence-corrected chi connectivity index (χ4v) is 3.71. The summed E-state index contributed by atoms with van der Waals surface area (Å²) in [5, 5.41) is 9.75. The van der Waals surface area contributed by atoms with Crippen molar-refractivity contribution in [3.8, 4) is 11.5 Å². The van der Waals surface area contributed by atoms with Gasteiger partial charge in [-0.3, -0.25) is 14.3 Å². The molecule has 10 heteroatoms. The topological polar surface area (TPSA) is 115 Å². The van der Waals surface area contributed by atoms with Crippen molar-refractivity contribution in [1.82, 2.24) is 29.5 Å². The lowest BCUT2D eigenvalue weighted by Gasteiger charge is -2.13. The number of benzene rings is 1. The average molecular weight is 482 g/mol. The van der Waals surface area contributed by atoms with Gasteiger partial charge in [-0.2, -0.15) is 5.10 Å². The van der Waals surface area contributed by atoms with E-state index in [9.17, 15) is 9.59 Å². The number of imidazole rings is 1. The number of hydrogen-bond donors (Lipinski definition) is 2. The number of aromatic nitrogens is 5. The maximum atomic E-state index is 12.9.